The van der Waals surface area contributed by atoms with Gasteiger partial charge in [-0.05, 0) is 88.3 Å². The van der Waals surface area contributed by atoms with Crippen LogP contribution >= 0.6 is 0 Å². The standard InChI is InChI=1S/C25H32N2O2/c1-2-26-17-14-22(15-18-26)27-16-6-7-21(19-27)25(28)20-10-12-24(13-11-20)29-23-8-4-3-5-9-23/h3-5,8-13,21-22H,2,6-7,14-19H2,1H3/t21-/m1/s1. The van der Waals surface area contributed by atoms with E-state index in [0.29, 0.717) is 6.04 Å². The number of ether oxygens (including phenoxy) is 1. The van der Waals surface area contributed by atoms with Crippen molar-refractivity contribution >= 4 is 5.78 Å². The quantitative estimate of drug-likeness (QED) is 0.658. The lowest BCUT2D eigenvalue weighted by Gasteiger charge is -2.41. The molecule has 0 bridgehead atoms. The zero-order valence-corrected chi connectivity index (χ0v) is 17.4. The van der Waals surface area contributed by atoms with Gasteiger partial charge in [0.25, 0.3) is 0 Å². The van der Waals surface area contributed by atoms with E-state index in [1.165, 1.54) is 25.9 Å². The molecule has 2 saturated heterocycles. The Balaban J connectivity index is 1.35. The van der Waals surface area contributed by atoms with E-state index in [2.05, 4.69) is 16.7 Å². The summed E-state index contributed by atoms with van der Waals surface area (Å²) in [5.41, 5.74) is 0.804. The van der Waals surface area contributed by atoms with E-state index in [9.17, 15) is 4.79 Å². The first-order valence-electron chi connectivity index (χ1n) is 11.1. The molecule has 0 radical (unpaired) electrons. The molecule has 0 unspecified atom stereocenters. The van der Waals surface area contributed by atoms with E-state index in [1.807, 2.05) is 54.6 Å². The van der Waals surface area contributed by atoms with Gasteiger partial charge in [-0.15, -0.1) is 0 Å². The molecule has 4 rings (SSSR count). The largest absolute Gasteiger partial charge is 0.457 e. The highest BCUT2D eigenvalue weighted by Crippen LogP contribution is 2.27. The lowest BCUT2D eigenvalue weighted by molar-refractivity contribution is 0.0604. The molecule has 0 saturated carbocycles. The van der Waals surface area contributed by atoms with Crippen LogP contribution in [0.5, 0.6) is 11.5 Å². The summed E-state index contributed by atoms with van der Waals surface area (Å²) in [5.74, 6) is 1.98. The molecule has 0 aliphatic carbocycles. The second-order valence-corrected chi connectivity index (χ2v) is 8.30. The van der Waals surface area contributed by atoms with Crippen LogP contribution in [-0.2, 0) is 0 Å². The Morgan fingerprint density at radius 3 is 2.31 bits per heavy atom. The molecule has 4 nitrogen and oxygen atoms in total. The molecular formula is C25H32N2O2. The summed E-state index contributed by atoms with van der Waals surface area (Å²) >= 11 is 0. The van der Waals surface area contributed by atoms with Gasteiger partial charge in [0.2, 0.25) is 0 Å². The van der Waals surface area contributed by atoms with Gasteiger partial charge in [0.15, 0.2) is 5.78 Å². The molecule has 0 aromatic heterocycles. The fraction of sp³-hybridized carbons (Fsp3) is 0.480. The normalized spacial score (nSPS) is 21.8. The lowest BCUT2D eigenvalue weighted by Crippen LogP contribution is -2.49. The third-order valence-electron chi connectivity index (χ3n) is 6.46. The number of para-hydroxylation sites is 1. The molecule has 2 fully saturated rings. The van der Waals surface area contributed by atoms with Crippen LogP contribution in [0.2, 0.25) is 0 Å². The second-order valence-electron chi connectivity index (χ2n) is 8.30. The van der Waals surface area contributed by atoms with Gasteiger partial charge in [0.1, 0.15) is 11.5 Å². The van der Waals surface area contributed by atoms with Crippen molar-refractivity contribution in [2.75, 3.05) is 32.7 Å². The van der Waals surface area contributed by atoms with Gasteiger partial charge >= 0.3 is 0 Å². The Labute approximate surface area is 174 Å². The maximum absolute atomic E-state index is 13.1. The minimum Gasteiger partial charge on any atom is -0.457 e. The van der Waals surface area contributed by atoms with Gasteiger partial charge in [0, 0.05) is 24.1 Å². The lowest BCUT2D eigenvalue weighted by atomic mass is 9.88. The van der Waals surface area contributed by atoms with E-state index in [0.717, 1.165) is 49.5 Å². The summed E-state index contributed by atoms with van der Waals surface area (Å²) in [6.45, 7) is 7.84. The molecule has 2 aliphatic heterocycles. The first-order valence-corrected chi connectivity index (χ1v) is 11.1. The molecule has 0 amide bonds. The summed E-state index contributed by atoms with van der Waals surface area (Å²) < 4.78 is 5.85. The van der Waals surface area contributed by atoms with Gasteiger partial charge in [0.05, 0.1) is 0 Å². The van der Waals surface area contributed by atoms with E-state index in [4.69, 9.17) is 4.74 Å². The molecule has 2 aliphatic rings. The Bertz CT molecular complexity index is 782. The smallest absolute Gasteiger partial charge is 0.167 e. The van der Waals surface area contributed by atoms with Crippen LogP contribution in [0.4, 0.5) is 0 Å². The van der Waals surface area contributed by atoms with E-state index >= 15 is 0 Å². The van der Waals surface area contributed by atoms with Crippen LogP contribution in [0.1, 0.15) is 43.0 Å². The van der Waals surface area contributed by atoms with Crippen molar-refractivity contribution in [3.63, 3.8) is 0 Å². The van der Waals surface area contributed by atoms with E-state index in [1.54, 1.807) is 0 Å². The molecule has 4 heteroatoms. The van der Waals surface area contributed by atoms with Crippen molar-refractivity contribution in [3.05, 3.63) is 60.2 Å². The zero-order chi connectivity index (χ0) is 20.1. The van der Waals surface area contributed by atoms with Crippen molar-refractivity contribution in [1.29, 1.82) is 0 Å². The first kappa shape index (κ1) is 20.1. The highest BCUT2D eigenvalue weighted by molar-refractivity contribution is 5.98. The Morgan fingerprint density at radius 2 is 1.62 bits per heavy atom. The van der Waals surface area contributed by atoms with Crippen LogP contribution < -0.4 is 4.74 Å². The van der Waals surface area contributed by atoms with Crippen LogP contribution in [0, 0.1) is 5.92 Å². The number of carbonyl (C=O) groups excluding carboxylic acids is 1. The van der Waals surface area contributed by atoms with Crippen LogP contribution in [-0.4, -0.2) is 54.3 Å². The minimum atomic E-state index is 0.119. The predicted octanol–water partition coefficient (Wildman–Crippen LogP) is 4.86. The average Bonchev–Trinajstić information content (AvgIpc) is 2.80. The third kappa shape index (κ3) is 5.06. The molecular weight excluding hydrogens is 360 g/mol. The molecule has 2 aromatic carbocycles. The Kier molecular flexibility index (Phi) is 6.63. The summed E-state index contributed by atoms with van der Waals surface area (Å²) in [7, 11) is 0. The van der Waals surface area contributed by atoms with E-state index < -0.39 is 0 Å². The number of piperidine rings is 2. The van der Waals surface area contributed by atoms with Crippen molar-refractivity contribution in [2.24, 2.45) is 5.92 Å². The number of benzene rings is 2. The third-order valence-corrected chi connectivity index (χ3v) is 6.46. The van der Waals surface area contributed by atoms with Gasteiger partial charge in [-0.1, -0.05) is 25.1 Å². The van der Waals surface area contributed by atoms with Gasteiger partial charge in [-0.25, -0.2) is 0 Å². The number of hydrogen-bond donors (Lipinski definition) is 0. The number of likely N-dealkylation sites (tertiary alicyclic amines) is 2. The summed E-state index contributed by atoms with van der Waals surface area (Å²) in [6.07, 6.45) is 4.60. The van der Waals surface area contributed by atoms with Crippen molar-refractivity contribution in [3.8, 4) is 11.5 Å². The predicted molar refractivity (Wildman–Crippen MR) is 117 cm³/mol. The fourth-order valence-electron chi connectivity index (χ4n) is 4.70. The molecule has 2 aromatic rings. The molecule has 154 valence electrons. The summed E-state index contributed by atoms with van der Waals surface area (Å²) in [6, 6.07) is 18.0. The van der Waals surface area contributed by atoms with Crippen molar-refractivity contribution in [2.45, 2.75) is 38.6 Å². The number of hydrogen-bond acceptors (Lipinski definition) is 4. The monoisotopic (exact) mass is 392 g/mol. The molecule has 29 heavy (non-hydrogen) atoms. The average molecular weight is 393 g/mol. The van der Waals surface area contributed by atoms with Gasteiger partial charge in [-0.2, -0.15) is 0 Å². The van der Waals surface area contributed by atoms with Crippen LogP contribution in [0.3, 0.4) is 0 Å². The highest BCUT2D eigenvalue weighted by atomic mass is 16.5. The maximum Gasteiger partial charge on any atom is 0.167 e. The number of rotatable bonds is 6. The summed E-state index contributed by atoms with van der Waals surface area (Å²) in [4.78, 5) is 18.2. The van der Waals surface area contributed by atoms with Gasteiger partial charge < -0.3 is 9.64 Å². The second kappa shape index (κ2) is 9.55. The zero-order valence-electron chi connectivity index (χ0n) is 17.4. The van der Waals surface area contributed by atoms with Crippen molar-refractivity contribution < 1.29 is 9.53 Å². The summed E-state index contributed by atoms with van der Waals surface area (Å²) in [5, 5.41) is 0. The molecule has 2 heterocycles. The molecule has 0 N–H and O–H groups in total. The number of Topliss-reactive ketones (excluding diaryl/α,β-unsaturated/α-hetero) is 1. The molecule has 1 atom stereocenters. The van der Waals surface area contributed by atoms with Crippen LogP contribution in [0.25, 0.3) is 0 Å². The highest BCUT2D eigenvalue weighted by Gasteiger charge is 2.31. The fourth-order valence-corrected chi connectivity index (χ4v) is 4.70. The maximum atomic E-state index is 13.1. The minimum absolute atomic E-state index is 0.119. The Hall–Kier alpha value is -2.17. The Morgan fingerprint density at radius 1 is 0.931 bits per heavy atom. The number of carbonyl (C=O) groups is 1. The number of ketones is 1. The molecule has 0 spiro atoms. The van der Waals surface area contributed by atoms with Crippen molar-refractivity contribution in [1.82, 2.24) is 9.80 Å². The number of nitrogens with zero attached hydrogens (tertiary/aromatic N) is 2. The first-order chi connectivity index (χ1) is 14.2. The van der Waals surface area contributed by atoms with E-state index in [-0.39, 0.29) is 11.7 Å². The topological polar surface area (TPSA) is 32.8 Å². The van der Waals surface area contributed by atoms with Crippen LogP contribution in [0.15, 0.2) is 54.6 Å². The SMILES string of the molecule is CCN1CCC(N2CCC[C@@H](C(=O)c3ccc(Oc4ccccc4)cc3)C2)CC1. The van der Waals surface area contributed by atoms with Gasteiger partial charge in [-0.3, -0.25) is 9.69 Å².